The van der Waals surface area contributed by atoms with E-state index >= 15 is 0 Å². The van der Waals surface area contributed by atoms with Crippen LogP contribution < -0.4 is 14.4 Å². The summed E-state index contributed by atoms with van der Waals surface area (Å²) in [5.41, 5.74) is 4.24. The number of aromatic nitrogens is 4. The molecule has 11 heteroatoms. The summed E-state index contributed by atoms with van der Waals surface area (Å²) < 4.78 is 34.0. The fraction of sp³-hybridized carbons (Fsp3) is 0.222. The Labute approximate surface area is 221 Å². The molecule has 0 atom stereocenters. The Balaban J connectivity index is 1.77. The van der Waals surface area contributed by atoms with Gasteiger partial charge in [-0.3, -0.25) is 4.79 Å². The van der Waals surface area contributed by atoms with Crippen molar-refractivity contribution in [1.82, 2.24) is 24.7 Å². The number of sulfonamides is 1. The third-order valence-corrected chi connectivity index (χ3v) is 6.84. The summed E-state index contributed by atoms with van der Waals surface area (Å²) in [4.78, 5) is 32.3. The number of carbonyl (C=O) groups is 1. The van der Waals surface area contributed by atoms with Gasteiger partial charge in [0.05, 0.1) is 5.69 Å². The second-order valence-corrected chi connectivity index (χ2v) is 10.7. The number of carbonyl (C=O) groups excluding carboxylic acids is 1. The Morgan fingerprint density at radius 3 is 2.18 bits per heavy atom. The molecule has 10 nitrogen and oxygen atoms in total. The van der Waals surface area contributed by atoms with Crippen molar-refractivity contribution in [3.63, 3.8) is 0 Å². The third kappa shape index (κ3) is 5.78. The Morgan fingerprint density at radius 2 is 1.58 bits per heavy atom. The maximum Gasteiger partial charge on any atom is 0.281 e. The molecule has 3 aromatic heterocycles. The SMILES string of the molecule is Cc1cc(C)c(Oc2nc(-c3cnc(N(C)C)nc3)ccc2C(=O)NS(=O)(=O)c2cccc(C)n2)c(C)c1. The van der Waals surface area contributed by atoms with Crippen LogP contribution in [-0.2, 0) is 10.0 Å². The Morgan fingerprint density at radius 1 is 0.921 bits per heavy atom. The van der Waals surface area contributed by atoms with Gasteiger partial charge in [-0.05, 0) is 63.1 Å². The summed E-state index contributed by atoms with van der Waals surface area (Å²) in [5.74, 6) is 0.0990. The monoisotopic (exact) mass is 532 g/mol. The number of pyridine rings is 2. The zero-order valence-corrected chi connectivity index (χ0v) is 22.8. The number of amides is 1. The molecule has 0 radical (unpaired) electrons. The number of benzene rings is 1. The molecule has 0 aliphatic heterocycles. The van der Waals surface area contributed by atoms with Crippen molar-refractivity contribution in [2.75, 3.05) is 19.0 Å². The smallest absolute Gasteiger partial charge is 0.281 e. The van der Waals surface area contributed by atoms with Gasteiger partial charge < -0.3 is 9.64 Å². The van der Waals surface area contributed by atoms with E-state index in [0.29, 0.717) is 28.6 Å². The van der Waals surface area contributed by atoms with Crippen LogP contribution in [-0.4, -0.2) is 48.4 Å². The molecule has 0 aliphatic rings. The summed E-state index contributed by atoms with van der Waals surface area (Å²) in [7, 11) is -0.571. The normalized spacial score (nSPS) is 11.2. The second-order valence-electron chi connectivity index (χ2n) is 9.10. The lowest BCUT2D eigenvalue weighted by molar-refractivity contribution is 0.0978. The molecule has 1 amide bonds. The predicted molar refractivity (Wildman–Crippen MR) is 144 cm³/mol. The molecular formula is C27H28N6O4S. The van der Waals surface area contributed by atoms with Crippen LogP contribution >= 0.6 is 0 Å². The molecule has 0 fully saturated rings. The first kappa shape index (κ1) is 26.7. The molecule has 0 spiro atoms. The molecule has 1 aromatic carbocycles. The van der Waals surface area contributed by atoms with Crippen molar-refractivity contribution < 1.29 is 17.9 Å². The van der Waals surface area contributed by atoms with Gasteiger partial charge in [0.15, 0.2) is 5.03 Å². The van der Waals surface area contributed by atoms with E-state index in [9.17, 15) is 13.2 Å². The van der Waals surface area contributed by atoms with E-state index in [-0.39, 0.29) is 16.5 Å². The van der Waals surface area contributed by atoms with Gasteiger partial charge >= 0.3 is 0 Å². The van der Waals surface area contributed by atoms with Crippen LogP contribution in [0.2, 0.25) is 0 Å². The highest BCUT2D eigenvalue weighted by molar-refractivity contribution is 7.90. The van der Waals surface area contributed by atoms with Crippen LogP contribution in [0.1, 0.15) is 32.7 Å². The molecule has 0 saturated heterocycles. The van der Waals surface area contributed by atoms with E-state index in [4.69, 9.17) is 4.74 Å². The minimum Gasteiger partial charge on any atom is -0.438 e. The van der Waals surface area contributed by atoms with Crippen LogP contribution in [0.4, 0.5) is 5.95 Å². The number of hydrogen-bond donors (Lipinski definition) is 1. The summed E-state index contributed by atoms with van der Waals surface area (Å²) in [6.45, 7) is 7.42. The number of rotatable bonds is 7. The first-order valence-electron chi connectivity index (χ1n) is 11.7. The highest BCUT2D eigenvalue weighted by atomic mass is 32.2. The number of aryl methyl sites for hydroxylation is 4. The molecule has 4 rings (SSSR count). The lowest BCUT2D eigenvalue weighted by Gasteiger charge is -2.16. The van der Waals surface area contributed by atoms with Gasteiger partial charge in [0.1, 0.15) is 11.3 Å². The van der Waals surface area contributed by atoms with Gasteiger partial charge in [-0.15, -0.1) is 0 Å². The van der Waals surface area contributed by atoms with Crippen LogP contribution in [0.15, 0.2) is 59.9 Å². The Hall–Kier alpha value is -4.38. The topological polar surface area (TPSA) is 127 Å². The second kappa shape index (κ2) is 10.5. The summed E-state index contributed by atoms with van der Waals surface area (Å²) in [6, 6.07) is 11.5. The molecule has 0 saturated carbocycles. The van der Waals surface area contributed by atoms with Crippen molar-refractivity contribution in [2.24, 2.45) is 0 Å². The van der Waals surface area contributed by atoms with Gasteiger partial charge in [-0.25, -0.2) is 24.7 Å². The first-order chi connectivity index (χ1) is 17.9. The van der Waals surface area contributed by atoms with Gasteiger partial charge in [-0.2, -0.15) is 8.42 Å². The Bertz CT molecular complexity index is 1600. The van der Waals surface area contributed by atoms with Crippen LogP contribution in [0.25, 0.3) is 11.3 Å². The quantitative estimate of drug-likeness (QED) is 0.373. The summed E-state index contributed by atoms with van der Waals surface area (Å²) in [6.07, 6.45) is 3.23. The molecular weight excluding hydrogens is 504 g/mol. The maximum absolute atomic E-state index is 13.3. The van der Waals surface area contributed by atoms with Gasteiger partial charge in [-0.1, -0.05) is 23.8 Å². The average Bonchev–Trinajstić information content (AvgIpc) is 2.86. The van der Waals surface area contributed by atoms with Gasteiger partial charge in [0.2, 0.25) is 11.8 Å². The van der Waals surface area contributed by atoms with Crippen LogP contribution in [0, 0.1) is 27.7 Å². The van der Waals surface area contributed by atoms with E-state index in [0.717, 1.165) is 16.7 Å². The number of nitrogens with one attached hydrogen (secondary N) is 1. The van der Waals surface area contributed by atoms with Gasteiger partial charge in [0.25, 0.3) is 15.9 Å². The predicted octanol–water partition coefficient (Wildman–Crippen LogP) is 4.14. The van der Waals surface area contributed by atoms with E-state index in [1.807, 2.05) is 47.0 Å². The zero-order chi connectivity index (χ0) is 27.6. The molecule has 0 aliphatic carbocycles. The molecule has 3 heterocycles. The molecule has 1 N–H and O–H groups in total. The largest absolute Gasteiger partial charge is 0.438 e. The van der Waals surface area contributed by atoms with Crippen molar-refractivity contribution in [2.45, 2.75) is 32.7 Å². The van der Waals surface area contributed by atoms with E-state index in [1.54, 1.807) is 42.4 Å². The lowest BCUT2D eigenvalue weighted by atomic mass is 10.1. The van der Waals surface area contributed by atoms with E-state index in [2.05, 4.69) is 24.7 Å². The molecule has 196 valence electrons. The number of nitrogens with zero attached hydrogens (tertiary/aromatic N) is 5. The lowest BCUT2D eigenvalue weighted by Crippen LogP contribution is -2.31. The minimum absolute atomic E-state index is 0.0564. The van der Waals surface area contributed by atoms with Crippen molar-refractivity contribution in [3.05, 3.63) is 82.8 Å². The highest BCUT2D eigenvalue weighted by Gasteiger charge is 2.25. The molecule has 38 heavy (non-hydrogen) atoms. The molecule has 0 bridgehead atoms. The van der Waals surface area contributed by atoms with Crippen LogP contribution in [0.5, 0.6) is 11.6 Å². The number of anilines is 1. The van der Waals surface area contributed by atoms with Crippen LogP contribution in [0.3, 0.4) is 0 Å². The summed E-state index contributed by atoms with van der Waals surface area (Å²) in [5, 5.41) is -0.263. The summed E-state index contributed by atoms with van der Waals surface area (Å²) >= 11 is 0. The zero-order valence-electron chi connectivity index (χ0n) is 22.0. The molecule has 0 unspecified atom stereocenters. The van der Waals surface area contributed by atoms with Gasteiger partial charge in [0, 0.05) is 37.7 Å². The van der Waals surface area contributed by atoms with Crippen molar-refractivity contribution in [1.29, 1.82) is 0 Å². The average molecular weight is 533 g/mol. The maximum atomic E-state index is 13.3. The van der Waals surface area contributed by atoms with Crippen molar-refractivity contribution >= 4 is 21.9 Å². The van der Waals surface area contributed by atoms with E-state index < -0.39 is 15.9 Å². The van der Waals surface area contributed by atoms with E-state index in [1.165, 1.54) is 12.1 Å². The van der Waals surface area contributed by atoms with Crippen molar-refractivity contribution in [3.8, 4) is 22.9 Å². The number of hydrogen-bond acceptors (Lipinski definition) is 9. The standard InChI is InChI=1S/C27H28N6O4S/c1-16-12-17(2)24(18(3)13-16)37-26-21(25(34)32-38(35,36)23-9-7-8-19(4)30-23)10-11-22(31-26)20-14-28-27(29-15-20)33(5)6/h7-15H,1-6H3,(H,32,34). The highest BCUT2D eigenvalue weighted by Crippen LogP contribution is 2.32. The number of ether oxygens (including phenoxy) is 1. The first-order valence-corrected chi connectivity index (χ1v) is 13.2. The Kier molecular flexibility index (Phi) is 7.40. The molecule has 4 aromatic rings. The fourth-order valence-electron chi connectivity index (χ4n) is 3.86. The third-order valence-electron chi connectivity index (χ3n) is 5.61. The fourth-order valence-corrected chi connectivity index (χ4v) is 4.84. The minimum atomic E-state index is -4.24.